The van der Waals surface area contributed by atoms with Gasteiger partial charge in [-0.25, -0.2) is 0 Å². The van der Waals surface area contributed by atoms with Crippen molar-refractivity contribution >= 4 is 15.9 Å². The summed E-state index contributed by atoms with van der Waals surface area (Å²) in [6, 6.07) is 0.438. The first-order valence-electron chi connectivity index (χ1n) is 7.15. The molecular weight excluding hydrogens is 306 g/mol. The van der Waals surface area contributed by atoms with Crippen LogP contribution < -0.4 is 5.32 Å². The summed E-state index contributed by atoms with van der Waals surface area (Å²) < 4.78 is 8.62. The molecule has 0 aliphatic carbocycles. The molecule has 0 aliphatic rings. The Morgan fingerprint density at radius 2 is 2.11 bits per heavy atom. The van der Waals surface area contributed by atoms with Crippen LogP contribution >= 0.6 is 15.9 Å². The maximum atomic E-state index is 5.46. The lowest BCUT2D eigenvalue weighted by molar-refractivity contribution is 0.136. The van der Waals surface area contributed by atoms with Crippen molar-refractivity contribution in [3.05, 3.63) is 15.9 Å². The summed E-state index contributed by atoms with van der Waals surface area (Å²) >= 11 is 3.68. The van der Waals surface area contributed by atoms with Gasteiger partial charge in [-0.3, -0.25) is 4.68 Å². The van der Waals surface area contributed by atoms with Crippen LogP contribution in [0.1, 0.15) is 38.6 Å². The normalized spacial score (nSPS) is 12.9. The zero-order valence-corrected chi connectivity index (χ0v) is 14.1. The molecule has 1 unspecified atom stereocenters. The number of nitrogens with zero attached hydrogens (tertiary/aromatic N) is 2. The Hall–Kier alpha value is -0.390. The maximum Gasteiger partial charge on any atom is 0.0766 e. The fourth-order valence-corrected chi connectivity index (χ4v) is 2.99. The van der Waals surface area contributed by atoms with Gasteiger partial charge in [-0.2, -0.15) is 5.10 Å². The van der Waals surface area contributed by atoms with Gasteiger partial charge in [0.25, 0.3) is 0 Å². The van der Waals surface area contributed by atoms with Crippen molar-refractivity contribution in [2.24, 2.45) is 7.05 Å². The zero-order valence-electron chi connectivity index (χ0n) is 12.5. The Kier molecular flexibility index (Phi) is 7.64. The van der Waals surface area contributed by atoms with Crippen LogP contribution in [-0.2, 0) is 24.6 Å². The molecule has 0 aromatic carbocycles. The van der Waals surface area contributed by atoms with E-state index in [0.29, 0.717) is 6.04 Å². The largest absolute Gasteiger partial charge is 0.382 e. The van der Waals surface area contributed by atoms with Crippen molar-refractivity contribution in [3.63, 3.8) is 0 Å². The third kappa shape index (κ3) is 4.89. The fraction of sp³-hybridized carbons (Fsp3) is 0.786. The Morgan fingerprint density at radius 3 is 2.63 bits per heavy atom. The minimum atomic E-state index is 0.438. The second-order valence-corrected chi connectivity index (χ2v) is 5.42. The molecule has 5 heteroatoms. The molecule has 1 N–H and O–H groups in total. The van der Waals surface area contributed by atoms with Crippen LogP contribution in [0.4, 0.5) is 0 Å². The van der Waals surface area contributed by atoms with Crippen LogP contribution in [0.3, 0.4) is 0 Å². The first-order chi connectivity index (χ1) is 9.13. The van der Waals surface area contributed by atoms with Crippen molar-refractivity contribution < 1.29 is 4.74 Å². The molecule has 0 saturated heterocycles. The van der Waals surface area contributed by atoms with Crippen molar-refractivity contribution in [1.29, 1.82) is 0 Å². The molecule has 19 heavy (non-hydrogen) atoms. The fourth-order valence-electron chi connectivity index (χ4n) is 2.21. The summed E-state index contributed by atoms with van der Waals surface area (Å²) in [5, 5.41) is 8.08. The molecular formula is C14H26BrN3O. The first kappa shape index (κ1) is 16.7. The number of aromatic nitrogens is 2. The molecule has 0 radical (unpaired) electrons. The van der Waals surface area contributed by atoms with Crippen LogP contribution in [0.2, 0.25) is 0 Å². The number of nitrogens with one attached hydrogen (secondary N) is 1. The maximum absolute atomic E-state index is 5.46. The van der Waals surface area contributed by atoms with E-state index < -0.39 is 0 Å². The smallest absolute Gasteiger partial charge is 0.0766 e. The van der Waals surface area contributed by atoms with Crippen molar-refractivity contribution in [2.75, 3.05) is 19.8 Å². The molecule has 1 rings (SSSR count). The second kappa shape index (κ2) is 8.72. The standard InChI is InChI=1S/C14H26BrN3O/c1-5-12-14(15)13(18(4)17-12)10-11(16-6-2)8-9-19-7-3/h11,16H,5-10H2,1-4H3. The highest BCUT2D eigenvalue weighted by Gasteiger charge is 2.17. The van der Waals surface area contributed by atoms with E-state index in [9.17, 15) is 0 Å². The molecule has 0 fully saturated rings. The highest BCUT2D eigenvalue weighted by Crippen LogP contribution is 2.23. The predicted molar refractivity (Wildman–Crippen MR) is 82.6 cm³/mol. The third-order valence-electron chi connectivity index (χ3n) is 3.25. The average Bonchev–Trinajstić information content (AvgIpc) is 2.66. The van der Waals surface area contributed by atoms with E-state index in [1.807, 2.05) is 18.7 Å². The molecule has 1 aromatic rings. The number of aryl methyl sites for hydroxylation is 2. The molecule has 1 aromatic heterocycles. The number of likely N-dealkylation sites (N-methyl/N-ethyl adjacent to an activating group) is 1. The highest BCUT2D eigenvalue weighted by atomic mass is 79.9. The monoisotopic (exact) mass is 331 g/mol. The van der Waals surface area contributed by atoms with Gasteiger partial charge in [0, 0.05) is 32.7 Å². The van der Waals surface area contributed by atoms with Crippen LogP contribution in [0.15, 0.2) is 4.47 Å². The summed E-state index contributed by atoms with van der Waals surface area (Å²) in [6.07, 6.45) is 2.96. The van der Waals surface area contributed by atoms with Crippen molar-refractivity contribution in [2.45, 2.75) is 46.1 Å². The first-order valence-corrected chi connectivity index (χ1v) is 7.94. The summed E-state index contributed by atoms with van der Waals surface area (Å²) in [4.78, 5) is 0. The van der Waals surface area contributed by atoms with E-state index in [1.54, 1.807) is 0 Å². The Bertz CT molecular complexity index is 379. The number of ether oxygens (including phenoxy) is 1. The van der Waals surface area contributed by atoms with Gasteiger partial charge in [-0.1, -0.05) is 13.8 Å². The molecule has 0 aliphatic heterocycles. The molecule has 110 valence electrons. The lowest BCUT2D eigenvalue weighted by Gasteiger charge is -2.18. The third-order valence-corrected chi connectivity index (χ3v) is 4.17. The molecule has 4 nitrogen and oxygen atoms in total. The van der Waals surface area contributed by atoms with Crippen LogP contribution in [0.5, 0.6) is 0 Å². The molecule has 1 heterocycles. The quantitative estimate of drug-likeness (QED) is 0.707. The molecule has 0 spiro atoms. The highest BCUT2D eigenvalue weighted by molar-refractivity contribution is 9.10. The van der Waals surface area contributed by atoms with E-state index in [-0.39, 0.29) is 0 Å². The zero-order chi connectivity index (χ0) is 14.3. The van der Waals surface area contributed by atoms with Gasteiger partial charge < -0.3 is 10.1 Å². The number of rotatable bonds is 9. The van der Waals surface area contributed by atoms with Crippen molar-refractivity contribution in [3.8, 4) is 0 Å². The summed E-state index contributed by atoms with van der Waals surface area (Å²) in [5.74, 6) is 0. The van der Waals surface area contributed by atoms with E-state index >= 15 is 0 Å². The van der Waals surface area contributed by atoms with Crippen molar-refractivity contribution in [1.82, 2.24) is 15.1 Å². The Morgan fingerprint density at radius 1 is 1.37 bits per heavy atom. The number of hydrogen-bond acceptors (Lipinski definition) is 3. The van der Waals surface area contributed by atoms with Gasteiger partial charge in [-0.15, -0.1) is 0 Å². The van der Waals surface area contributed by atoms with E-state index in [4.69, 9.17) is 4.74 Å². The van der Waals surface area contributed by atoms with Gasteiger partial charge >= 0.3 is 0 Å². The van der Waals surface area contributed by atoms with Crippen LogP contribution in [0, 0.1) is 0 Å². The van der Waals surface area contributed by atoms with Gasteiger partial charge in [0.2, 0.25) is 0 Å². The molecule has 0 bridgehead atoms. The number of hydrogen-bond donors (Lipinski definition) is 1. The minimum absolute atomic E-state index is 0.438. The van der Waals surface area contributed by atoms with Crippen LogP contribution in [-0.4, -0.2) is 35.6 Å². The Labute approximate surface area is 125 Å². The minimum Gasteiger partial charge on any atom is -0.382 e. The van der Waals surface area contributed by atoms with Crippen LogP contribution in [0.25, 0.3) is 0 Å². The predicted octanol–water partition coefficient (Wildman–Crippen LogP) is 2.69. The molecule has 0 amide bonds. The van der Waals surface area contributed by atoms with Gasteiger partial charge in [0.05, 0.1) is 15.9 Å². The SMILES string of the molecule is CCNC(CCOCC)Cc1c(Br)c(CC)nn1C. The summed E-state index contributed by atoms with van der Waals surface area (Å²) in [6.45, 7) is 8.88. The van der Waals surface area contributed by atoms with E-state index in [0.717, 1.165) is 49.2 Å². The average molecular weight is 332 g/mol. The lowest BCUT2D eigenvalue weighted by Crippen LogP contribution is -2.33. The molecule has 1 atom stereocenters. The van der Waals surface area contributed by atoms with E-state index in [1.165, 1.54) is 5.69 Å². The second-order valence-electron chi connectivity index (χ2n) is 4.63. The Balaban J connectivity index is 2.69. The summed E-state index contributed by atoms with van der Waals surface area (Å²) in [5.41, 5.74) is 2.40. The summed E-state index contributed by atoms with van der Waals surface area (Å²) in [7, 11) is 2.02. The van der Waals surface area contributed by atoms with Gasteiger partial charge in [-0.05, 0) is 42.2 Å². The lowest BCUT2D eigenvalue weighted by atomic mass is 10.1. The van der Waals surface area contributed by atoms with Gasteiger partial charge in [0.15, 0.2) is 0 Å². The van der Waals surface area contributed by atoms with E-state index in [2.05, 4.69) is 40.2 Å². The molecule has 0 saturated carbocycles. The number of halogens is 1. The van der Waals surface area contributed by atoms with Gasteiger partial charge in [0.1, 0.15) is 0 Å². The topological polar surface area (TPSA) is 39.1 Å².